The molecule has 3 amide bonds. The largest absolute Gasteiger partial charge is 0.366 e. The Kier molecular flexibility index (Phi) is 2.97. The van der Waals surface area contributed by atoms with Gasteiger partial charge in [0.25, 0.3) is 5.91 Å². The number of nitrogens with zero attached hydrogens (tertiary/aromatic N) is 2. The highest BCUT2D eigenvalue weighted by Crippen LogP contribution is 2.43. The van der Waals surface area contributed by atoms with Crippen molar-refractivity contribution in [2.45, 2.75) is 45.3 Å². The number of hydrogen-bond acceptors (Lipinski definition) is 3. The van der Waals surface area contributed by atoms with E-state index in [2.05, 4.69) is 24.1 Å². The van der Waals surface area contributed by atoms with E-state index in [0.29, 0.717) is 6.54 Å². The van der Waals surface area contributed by atoms with Gasteiger partial charge in [-0.05, 0) is 33.8 Å². The van der Waals surface area contributed by atoms with E-state index in [-0.39, 0.29) is 24.0 Å². The summed E-state index contributed by atoms with van der Waals surface area (Å²) in [6, 6.07) is 7.67. The lowest BCUT2D eigenvalue weighted by Gasteiger charge is -2.27. The summed E-state index contributed by atoms with van der Waals surface area (Å²) in [5.41, 5.74) is 1.01. The van der Waals surface area contributed by atoms with E-state index >= 15 is 0 Å². The molecule has 2 heterocycles. The number of rotatable bonds is 2. The number of anilines is 1. The first-order valence-electron chi connectivity index (χ1n) is 7.40. The summed E-state index contributed by atoms with van der Waals surface area (Å²) in [5, 5.41) is 2.95. The van der Waals surface area contributed by atoms with E-state index in [4.69, 9.17) is 0 Å². The maximum atomic E-state index is 12.9. The molecule has 1 aromatic carbocycles. The number of carbonyl (C=O) groups excluding carboxylic acids is 2. The third-order valence-corrected chi connectivity index (χ3v) is 4.34. The highest BCUT2D eigenvalue weighted by Gasteiger charge is 2.58. The first-order chi connectivity index (χ1) is 9.88. The number of amides is 3. The first kappa shape index (κ1) is 13.9. The smallest absolute Gasteiger partial charge is 0.325 e. The number of para-hydroxylation sites is 1. The van der Waals surface area contributed by atoms with Gasteiger partial charge in [-0.2, -0.15) is 0 Å². The minimum absolute atomic E-state index is 0.141. The fraction of sp³-hybridized carbons (Fsp3) is 0.500. The maximum Gasteiger partial charge on any atom is 0.325 e. The van der Waals surface area contributed by atoms with E-state index < -0.39 is 5.54 Å². The summed E-state index contributed by atoms with van der Waals surface area (Å²) in [5.74, 6) is -0.141. The van der Waals surface area contributed by atoms with E-state index in [0.717, 1.165) is 11.3 Å². The van der Waals surface area contributed by atoms with Crippen LogP contribution in [0.4, 0.5) is 10.5 Å². The van der Waals surface area contributed by atoms with Gasteiger partial charge in [-0.25, -0.2) is 4.79 Å². The Balaban J connectivity index is 2.12. The van der Waals surface area contributed by atoms with Crippen molar-refractivity contribution in [1.29, 1.82) is 0 Å². The Morgan fingerprint density at radius 2 is 1.76 bits per heavy atom. The van der Waals surface area contributed by atoms with Gasteiger partial charge in [-0.15, -0.1) is 0 Å². The monoisotopic (exact) mass is 287 g/mol. The van der Waals surface area contributed by atoms with Gasteiger partial charge in [0, 0.05) is 23.3 Å². The number of hydrogen-bond donors (Lipinski definition) is 1. The molecule has 5 heteroatoms. The highest BCUT2D eigenvalue weighted by molar-refractivity contribution is 6.09. The quantitative estimate of drug-likeness (QED) is 0.847. The standard InChI is InChI=1S/C16H21N3O2/c1-10(2)18-9-16(12-7-5-6-8-13(12)18)14(20)19(11(3)4)15(21)17-16/h5-8,10-11H,9H2,1-4H3,(H,17,21). The Bertz CT molecular complexity index is 611. The fourth-order valence-corrected chi connectivity index (χ4v) is 3.32. The molecule has 112 valence electrons. The first-order valence-corrected chi connectivity index (χ1v) is 7.40. The van der Waals surface area contributed by atoms with Crippen molar-refractivity contribution in [3.05, 3.63) is 29.8 Å². The van der Waals surface area contributed by atoms with Crippen LogP contribution >= 0.6 is 0 Å². The molecule has 1 saturated heterocycles. The Labute approximate surface area is 124 Å². The number of benzene rings is 1. The molecule has 1 atom stereocenters. The minimum atomic E-state index is -0.928. The molecule has 1 aromatic rings. The highest BCUT2D eigenvalue weighted by atomic mass is 16.2. The maximum absolute atomic E-state index is 12.9. The van der Waals surface area contributed by atoms with Crippen LogP contribution in [0.5, 0.6) is 0 Å². The van der Waals surface area contributed by atoms with E-state index in [1.807, 2.05) is 38.1 Å². The van der Waals surface area contributed by atoms with Crippen molar-refractivity contribution < 1.29 is 9.59 Å². The minimum Gasteiger partial charge on any atom is -0.366 e. The third kappa shape index (κ3) is 1.76. The molecule has 3 rings (SSSR count). The molecule has 5 nitrogen and oxygen atoms in total. The molecule has 21 heavy (non-hydrogen) atoms. The topological polar surface area (TPSA) is 52.7 Å². The van der Waals surface area contributed by atoms with Gasteiger partial charge in [0.2, 0.25) is 0 Å². The van der Waals surface area contributed by atoms with Gasteiger partial charge in [0.15, 0.2) is 5.54 Å². The van der Waals surface area contributed by atoms with Crippen LogP contribution in [0.1, 0.15) is 33.3 Å². The summed E-state index contributed by atoms with van der Waals surface area (Å²) in [6.07, 6.45) is 0. The number of urea groups is 1. The molecule has 0 aromatic heterocycles. The fourth-order valence-electron chi connectivity index (χ4n) is 3.32. The number of nitrogens with one attached hydrogen (secondary N) is 1. The van der Waals surface area contributed by atoms with Gasteiger partial charge in [0.1, 0.15) is 0 Å². The molecular formula is C16H21N3O2. The zero-order valence-electron chi connectivity index (χ0n) is 12.9. The zero-order valence-corrected chi connectivity index (χ0v) is 12.9. The van der Waals surface area contributed by atoms with Crippen LogP contribution in [0.3, 0.4) is 0 Å². The van der Waals surface area contributed by atoms with Crippen molar-refractivity contribution in [3.63, 3.8) is 0 Å². The zero-order chi connectivity index (χ0) is 15.4. The number of carbonyl (C=O) groups is 2. The van der Waals surface area contributed by atoms with E-state index in [1.54, 1.807) is 0 Å². The second-order valence-electron chi connectivity index (χ2n) is 6.34. The molecule has 1 spiro atoms. The SMILES string of the molecule is CC(C)N1C(=O)NC2(CN(C(C)C)c3ccccc32)C1=O. The summed E-state index contributed by atoms with van der Waals surface area (Å²) < 4.78 is 0. The van der Waals surface area contributed by atoms with Crippen LogP contribution in [0.15, 0.2) is 24.3 Å². The Morgan fingerprint density at radius 3 is 2.33 bits per heavy atom. The average molecular weight is 287 g/mol. The van der Waals surface area contributed by atoms with Crippen molar-refractivity contribution in [3.8, 4) is 0 Å². The molecule has 1 fully saturated rings. The van der Waals surface area contributed by atoms with Gasteiger partial charge in [-0.3, -0.25) is 9.69 Å². The summed E-state index contributed by atoms with van der Waals surface area (Å²) in [6.45, 7) is 8.40. The average Bonchev–Trinajstić information content (AvgIpc) is 2.87. The van der Waals surface area contributed by atoms with Gasteiger partial charge < -0.3 is 10.2 Å². The number of imide groups is 1. The third-order valence-electron chi connectivity index (χ3n) is 4.34. The van der Waals surface area contributed by atoms with Crippen LogP contribution in [-0.4, -0.2) is 35.5 Å². The lowest BCUT2D eigenvalue weighted by atomic mass is 9.92. The molecule has 0 aliphatic carbocycles. The van der Waals surface area contributed by atoms with E-state index in [9.17, 15) is 9.59 Å². The summed E-state index contributed by atoms with van der Waals surface area (Å²) in [4.78, 5) is 28.7. The normalized spacial score (nSPS) is 24.5. The number of fused-ring (bicyclic) bond motifs is 2. The van der Waals surface area contributed by atoms with Gasteiger partial charge in [-0.1, -0.05) is 18.2 Å². The molecule has 1 unspecified atom stereocenters. The Hall–Kier alpha value is -2.04. The molecule has 2 aliphatic heterocycles. The molecule has 0 bridgehead atoms. The summed E-state index contributed by atoms with van der Waals surface area (Å²) in [7, 11) is 0. The predicted molar refractivity (Wildman–Crippen MR) is 81.1 cm³/mol. The van der Waals surface area contributed by atoms with Crippen LogP contribution < -0.4 is 10.2 Å². The molecular weight excluding hydrogens is 266 g/mol. The lowest BCUT2D eigenvalue weighted by Crippen LogP contribution is -2.49. The molecule has 0 radical (unpaired) electrons. The Morgan fingerprint density at radius 1 is 1.10 bits per heavy atom. The van der Waals surface area contributed by atoms with Crippen molar-refractivity contribution in [2.75, 3.05) is 11.4 Å². The summed E-state index contributed by atoms with van der Waals surface area (Å²) >= 11 is 0. The molecule has 1 N–H and O–H groups in total. The second-order valence-corrected chi connectivity index (χ2v) is 6.34. The van der Waals surface area contributed by atoms with Crippen molar-refractivity contribution in [1.82, 2.24) is 10.2 Å². The van der Waals surface area contributed by atoms with Crippen LogP contribution in [0.2, 0.25) is 0 Å². The molecule has 2 aliphatic rings. The van der Waals surface area contributed by atoms with Crippen LogP contribution in [-0.2, 0) is 10.3 Å². The van der Waals surface area contributed by atoms with E-state index in [1.165, 1.54) is 4.90 Å². The van der Waals surface area contributed by atoms with Crippen LogP contribution in [0, 0.1) is 0 Å². The predicted octanol–water partition coefficient (Wildman–Crippen LogP) is 2.07. The lowest BCUT2D eigenvalue weighted by molar-refractivity contribution is -0.132. The second kappa shape index (κ2) is 4.48. The van der Waals surface area contributed by atoms with Crippen LogP contribution in [0.25, 0.3) is 0 Å². The van der Waals surface area contributed by atoms with Crippen molar-refractivity contribution in [2.24, 2.45) is 0 Å². The van der Waals surface area contributed by atoms with Crippen molar-refractivity contribution >= 4 is 17.6 Å². The molecule has 0 saturated carbocycles. The van der Waals surface area contributed by atoms with Gasteiger partial charge >= 0.3 is 6.03 Å². The van der Waals surface area contributed by atoms with Gasteiger partial charge in [0.05, 0.1) is 6.54 Å².